The lowest BCUT2D eigenvalue weighted by Gasteiger charge is -2.30. The summed E-state index contributed by atoms with van der Waals surface area (Å²) >= 11 is 0. The molecule has 36 heavy (non-hydrogen) atoms. The first-order valence-electron chi connectivity index (χ1n) is 12.1. The number of nitrogens with one attached hydrogen (secondary N) is 2. The Bertz CT molecular complexity index is 1390. The van der Waals surface area contributed by atoms with Gasteiger partial charge in [0.15, 0.2) is 11.5 Å². The molecule has 0 amide bonds. The number of phenolic OH excluding ortho intramolecular Hbond substituents is 1. The second kappa shape index (κ2) is 8.82. The Labute approximate surface area is 210 Å². The van der Waals surface area contributed by atoms with Gasteiger partial charge in [-0.25, -0.2) is 0 Å². The smallest absolute Gasteiger partial charge is 0.311 e. The quantitative estimate of drug-likeness (QED) is 0.287. The van der Waals surface area contributed by atoms with Gasteiger partial charge in [-0.15, -0.1) is 0 Å². The van der Waals surface area contributed by atoms with Gasteiger partial charge in [-0.2, -0.15) is 0 Å². The van der Waals surface area contributed by atoms with E-state index in [1.54, 1.807) is 6.07 Å². The van der Waals surface area contributed by atoms with E-state index in [-0.39, 0.29) is 22.8 Å². The number of carbonyl (C=O) groups is 1. The second-order valence-corrected chi connectivity index (χ2v) is 10.5. The van der Waals surface area contributed by atoms with Gasteiger partial charge in [0.1, 0.15) is 0 Å². The second-order valence-electron chi connectivity index (χ2n) is 10.5. The standard InChI is InChI=1S/C29H29N3O4/c1-29(2,3)20-11-8-17(9-12-20)19-14-23-27(26(34)16-19)28(31-22-7-5-4-6-21(22)30-23)18-10-13-25(33)24(15-18)32(35)36/h4-13,15,19,28,30-31,33H,14,16H2,1-3H3. The number of benzene rings is 3. The van der Waals surface area contributed by atoms with Crippen LogP contribution >= 0.6 is 0 Å². The van der Waals surface area contributed by atoms with Crippen LogP contribution in [0.25, 0.3) is 0 Å². The number of anilines is 2. The minimum Gasteiger partial charge on any atom is -0.502 e. The maximum Gasteiger partial charge on any atom is 0.311 e. The van der Waals surface area contributed by atoms with Crippen molar-refractivity contribution in [3.63, 3.8) is 0 Å². The van der Waals surface area contributed by atoms with Crippen molar-refractivity contribution < 1.29 is 14.8 Å². The molecule has 0 aromatic heterocycles. The monoisotopic (exact) mass is 483 g/mol. The number of para-hydroxylation sites is 2. The third-order valence-corrected chi connectivity index (χ3v) is 7.09. The van der Waals surface area contributed by atoms with Crippen molar-refractivity contribution in [2.24, 2.45) is 0 Å². The van der Waals surface area contributed by atoms with E-state index in [4.69, 9.17) is 0 Å². The van der Waals surface area contributed by atoms with Gasteiger partial charge in [-0.05, 0) is 52.6 Å². The molecular weight excluding hydrogens is 454 g/mol. The lowest BCUT2D eigenvalue weighted by Crippen LogP contribution is -2.27. The Morgan fingerprint density at radius 2 is 1.61 bits per heavy atom. The van der Waals surface area contributed by atoms with Crippen LogP contribution in [0.2, 0.25) is 0 Å². The van der Waals surface area contributed by atoms with Crippen molar-refractivity contribution >= 4 is 22.8 Å². The topological polar surface area (TPSA) is 104 Å². The molecule has 0 saturated heterocycles. The molecule has 184 valence electrons. The number of nitro benzene ring substituents is 1. The number of Topliss-reactive ketones (excluding diaryl/α,β-unsaturated/α-hetero) is 1. The van der Waals surface area contributed by atoms with E-state index in [0.717, 1.165) is 22.6 Å². The first-order valence-corrected chi connectivity index (χ1v) is 12.1. The predicted octanol–water partition coefficient (Wildman–Crippen LogP) is 6.58. The molecule has 0 radical (unpaired) electrons. The highest BCUT2D eigenvalue weighted by molar-refractivity contribution is 6.01. The molecule has 7 nitrogen and oxygen atoms in total. The fourth-order valence-corrected chi connectivity index (χ4v) is 5.10. The summed E-state index contributed by atoms with van der Waals surface area (Å²) in [5.74, 6) is -0.383. The summed E-state index contributed by atoms with van der Waals surface area (Å²) in [7, 11) is 0. The molecule has 7 heteroatoms. The number of hydrogen-bond acceptors (Lipinski definition) is 6. The zero-order chi connectivity index (χ0) is 25.6. The minimum atomic E-state index is -0.614. The maximum absolute atomic E-state index is 13.7. The molecule has 0 fully saturated rings. The summed E-state index contributed by atoms with van der Waals surface area (Å²) in [6.07, 6.45) is 0.993. The van der Waals surface area contributed by atoms with E-state index in [9.17, 15) is 20.0 Å². The third kappa shape index (κ3) is 4.33. The Morgan fingerprint density at radius 3 is 2.28 bits per heavy atom. The Balaban J connectivity index is 1.58. The summed E-state index contributed by atoms with van der Waals surface area (Å²) in [5.41, 5.74) is 5.61. The minimum absolute atomic E-state index is 0.00492. The lowest BCUT2D eigenvalue weighted by molar-refractivity contribution is -0.385. The van der Waals surface area contributed by atoms with Crippen molar-refractivity contribution in [1.29, 1.82) is 0 Å². The highest BCUT2D eigenvalue weighted by atomic mass is 16.6. The number of ketones is 1. The molecule has 2 atom stereocenters. The molecule has 3 N–H and O–H groups in total. The van der Waals surface area contributed by atoms with Crippen LogP contribution < -0.4 is 10.6 Å². The van der Waals surface area contributed by atoms with Crippen molar-refractivity contribution in [2.75, 3.05) is 10.6 Å². The molecular formula is C29H29N3O4. The highest BCUT2D eigenvalue weighted by Gasteiger charge is 2.36. The number of allylic oxidation sites excluding steroid dienone is 1. The molecule has 1 heterocycles. The van der Waals surface area contributed by atoms with Crippen LogP contribution in [0.1, 0.15) is 62.3 Å². The van der Waals surface area contributed by atoms with Gasteiger partial charge in [0, 0.05) is 23.8 Å². The molecule has 3 aromatic rings. The number of fused-ring (bicyclic) bond motifs is 1. The first-order chi connectivity index (χ1) is 17.1. The molecule has 1 aliphatic heterocycles. The predicted molar refractivity (Wildman–Crippen MR) is 140 cm³/mol. The van der Waals surface area contributed by atoms with Crippen LogP contribution in [-0.2, 0) is 10.2 Å². The van der Waals surface area contributed by atoms with Gasteiger partial charge in [-0.1, -0.05) is 63.2 Å². The van der Waals surface area contributed by atoms with Gasteiger partial charge in [0.2, 0.25) is 0 Å². The summed E-state index contributed by atoms with van der Waals surface area (Å²) < 4.78 is 0. The van der Waals surface area contributed by atoms with E-state index < -0.39 is 16.7 Å². The molecule has 0 bridgehead atoms. The Morgan fingerprint density at radius 1 is 0.944 bits per heavy atom. The SMILES string of the molecule is CC(C)(C)c1ccc(C2CC(=O)C3=C(C2)Nc2ccccc2NC3c2ccc(O)c([N+](=O)[O-])c2)cc1. The fourth-order valence-electron chi connectivity index (χ4n) is 5.10. The average molecular weight is 484 g/mol. The number of rotatable bonds is 3. The Kier molecular flexibility index (Phi) is 5.79. The number of nitro groups is 1. The summed E-state index contributed by atoms with van der Waals surface area (Å²) in [6.45, 7) is 6.53. The maximum atomic E-state index is 13.7. The summed E-state index contributed by atoms with van der Waals surface area (Å²) in [4.78, 5) is 24.6. The summed E-state index contributed by atoms with van der Waals surface area (Å²) in [6, 6.07) is 19.9. The molecule has 0 saturated carbocycles. The number of phenols is 1. The van der Waals surface area contributed by atoms with E-state index in [0.29, 0.717) is 24.0 Å². The van der Waals surface area contributed by atoms with Crippen LogP contribution in [0.5, 0.6) is 5.75 Å². The zero-order valence-corrected chi connectivity index (χ0v) is 20.5. The van der Waals surface area contributed by atoms with Crippen LogP contribution in [-0.4, -0.2) is 15.8 Å². The molecule has 2 unspecified atom stereocenters. The molecule has 1 aliphatic carbocycles. The third-order valence-electron chi connectivity index (χ3n) is 7.09. The Hall–Kier alpha value is -4.13. The average Bonchev–Trinajstić information content (AvgIpc) is 3.00. The summed E-state index contributed by atoms with van der Waals surface area (Å²) in [5, 5.41) is 28.4. The van der Waals surface area contributed by atoms with Gasteiger partial charge in [0.05, 0.1) is 22.3 Å². The highest BCUT2D eigenvalue weighted by Crippen LogP contribution is 2.45. The van der Waals surface area contributed by atoms with E-state index in [1.807, 2.05) is 24.3 Å². The van der Waals surface area contributed by atoms with Gasteiger partial charge < -0.3 is 15.7 Å². The van der Waals surface area contributed by atoms with Crippen molar-refractivity contribution in [2.45, 2.75) is 51.0 Å². The van der Waals surface area contributed by atoms with Crippen molar-refractivity contribution in [3.8, 4) is 5.75 Å². The fraction of sp³-hybridized carbons (Fsp3) is 0.276. The van der Waals surface area contributed by atoms with Gasteiger partial charge in [0.25, 0.3) is 0 Å². The van der Waals surface area contributed by atoms with Crippen molar-refractivity contribution in [1.82, 2.24) is 0 Å². The normalized spacial score (nSPS) is 19.5. The van der Waals surface area contributed by atoms with Gasteiger partial charge >= 0.3 is 5.69 Å². The molecule has 0 spiro atoms. The van der Waals surface area contributed by atoms with E-state index >= 15 is 0 Å². The number of hydrogen-bond donors (Lipinski definition) is 3. The van der Waals surface area contributed by atoms with Crippen LogP contribution in [0.15, 0.2) is 78.0 Å². The van der Waals surface area contributed by atoms with E-state index in [2.05, 4.69) is 55.7 Å². The number of carbonyl (C=O) groups excluding carboxylic acids is 1. The van der Waals surface area contributed by atoms with Crippen LogP contribution in [0.4, 0.5) is 17.1 Å². The first kappa shape index (κ1) is 23.6. The molecule has 2 aliphatic rings. The zero-order valence-electron chi connectivity index (χ0n) is 20.5. The lowest BCUT2D eigenvalue weighted by atomic mass is 9.77. The van der Waals surface area contributed by atoms with Gasteiger partial charge in [-0.3, -0.25) is 14.9 Å². The number of nitrogens with zero attached hydrogens (tertiary/aromatic N) is 1. The van der Waals surface area contributed by atoms with Crippen molar-refractivity contribution in [3.05, 3.63) is 105 Å². The van der Waals surface area contributed by atoms with Crippen LogP contribution in [0, 0.1) is 10.1 Å². The largest absolute Gasteiger partial charge is 0.502 e. The molecule has 3 aromatic carbocycles. The van der Waals surface area contributed by atoms with E-state index in [1.165, 1.54) is 17.7 Å². The molecule has 5 rings (SSSR count). The van der Waals surface area contributed by atoms with Crippen LogP contribution in [0.3, 0.4) is 0 Å². The number of aromatic hydroxyl groups is 1.